The van der Waals surface area contributed by atoms with Gasteiger partial charge in [0.2, 0.25) is 23.3 Å². The molecule has 12 aromatic rings. The molecule has 8 aromatic carbocycles. The summed E-state index contributed by atoms with van der Waals surface area (Å²) in [7, 11) is 0. The number of hydrogen-bond donors (Lipinski definition) is 0. The van der Waals surface area contributed by atoms with Crippen molar-refractivity contribution in [3.63, 3.8) is 0 Å². The Hall–Kier alpha value is -4.96. The maximum absolute atomic E-state index is 13.6. The van der Waals surface area contributed by atoms with E-state index < -0.39 is 165 Å². The fourth-order valence-corrected chi connectivity index (χ4v) is 8.58. The van der Waals surface area contributed by atoms with Crippen molar-refractivity contribution in [2.75, 3.05) is 0 Å². The number of rotatable bonds is 12. The second-order valence-electron chi connectivity index (χ2n) is 18.9. The second kappa shape index (κ2) is 40.9. The summed E-state index contributed by atoms with van der Waals surface area (Å²) >= 11 is 14.8. The monoisotopic (exact) mass is 2320 g/mol. The summed E-state index contributed by atoms with van der Waals surface area (Å²) in [5.41, 5.74) is -2.19. The first-order valence-electron chi connectivity index (χ1n) is 26.7. The van der Waals surface area contributed by atoms with E-state index in [1.54, 1.807) is 109 Å². The molecule has 0 amide bonds. The number of nitrogens with zero attached hydrogens (tertiary/aromatic N) is 2. The number of ether oxygens (including phenoxy) is 4. The predicted octanol–water partition coefficient (Wildman–Crippen LogP) is 16.2. The van der Waals surface area contributed by atoms with Crippen LogP contribution in [0.5, 0.6) is 23.0 Å². The molecule has 0 radical (unpaired) electrons. The summed E-state index contributed by atoms with van der Waals surface area (Å²) in [6.45, 7) is -3.23. The van der Waals surface area contributed by atoms with Gasteiger partial charge in [-0.2, -0.15) is 0 Å². The average molecular weight is 2320 g/mol. The number of H-pyrrole nitrogens is 2. The number of fused-ring (bicyclic) bond motifs is 4. The molecular formula is C64H34F20I8N4O4. The zero-order valence-electron chi connectivity index (χ0n) is 48.8. The van der Waals surface area contributed by atoms with Crippen molar-refractivity contribution in [3.8, 4) is 23.0 Å². The number of aromatic nitrogens is 4. The van der Waals surface area contributed by atoms with Crippen LogP contribution in [-0.4, -0.2) is 9.97 Å². The Morgan fingerprint density at radius 1 is 0.270 bits per heavy atom. The number of pyridine rings is 4. The molecule has 0 aliphatic carbocycles. The molecule has 0 atom stereocenters. The van der Waals surface area contributed by atoms with Gasteiger partial charge in [0.25, 0.3) is 11.0 Å². The van der Waals surface area contributed by atoms with E-state index in [4.69, 9.17) is 18.9 Å². The van der Waals surface area contributed by atoms with Crippen molar-refractivity contribution in [2.24, 2.45) is 0 Å². The van der Waals surface area contributed by atoms with Gasteiger partial charge in [-0.1, -0.05) is 48.5 Å². The Morgan fingerprint density at radius 3 is 0.730 bits per heavy atom. The van der Waals surface area contributed by atoms with Crippen LogP contribution in [-0.2, 0) is 26.4 Å². The van der Waals surface area contributed by atoms with Crippen molar-refractivity contribution < 1.29 is 143 Å². The molecule has 36 heteroatoms. The van der Waals surface area contributed by atoms with Gasteiger partial charge < -0.3 is 18.9 Å². The van der Waals surface area contributed by atoms with Crippen LogP contribution in [0, 0.1) is 116 Å². The van der Waals surface area contributed by atoms with Gasteiger partial charge in [-0.05, 0) is 60.7 Å². The summed E-state index contributed by atoms with van der Waals surface area (Å²) in [6, 6.07) is 33.5. The third kappa shape index (κ3) is 20.7. The van der Waals surface area contributed by atoms with Gasteiger partial charge >= 0.3 is 101 Å². The van der Waals surface area contributed by atoms with E-state index in [1.807, 2.05) is 0 Å². The molecule has 100 heavy (non-hydrogen) atoms. The summed E-state index contributed by atoms with van der Waals surface area (Å²) in [5.74, 6) is -39.2. The normalized spacial score (nSPS) is 10.6. The van der Waals surface area contributed by atoms with Gasteiger partial charge in [0.05, 0.1) is 33.0 Å². The molecule has 0 saturated carbocycles. The molecule has 4 heterocycles. The molecule has 12 rings (SSSR count). The van der Waals surface area contributed by atoms with Crippen LogP contribution in [0.2, 0.25) is 0 Å². The van der Waals surface area contributed by atoms with Crippen molar-refractivity contribution in [1.29, 1.82) is 0 Å². The minimum atomic E-state index is -2.20. The predicted molar refractivity (Wildman–Crippen MR) is 371 cm³/mol. The van der Waals surface area contributed by atoms with Crippen molar-refractivity contribution in [1.82, 2.24) is 9.97 Å². The molecule has 0 saturated heterocycles. The van der Waals surface area contributed by atoms with E-state index in [1.165, 1.54) is 36.7 Å². The van der Waals surface area contributed by atoms with E-state index in [9.17, 15) is 87.8 Å². The van der Waals surface area contributed by atoms with Crippen LogP contribution in [0.25, 0.3) is 43.6 Å². The first-order chi connectivity index (χ1) is 47.8. The van der Waals surface area contributed by atoms with Crippen molar-refractivity contribution in [2.45, 2.75) is 26.4 Å². The first-order valence-corrected chi connectivity index (χ1v) is 58.1. The molecule has 0 spiro atoms. The fourth-order valence-electron chi connectivity index (χ4n) is 8.58. The van der Waals surface area contributed by atoms with E-state index in [0.29, 0.717) is 59.3 Å². The molecule has 2 N–H and O–H groups in total. The first kappa shape index (κ1) is 84.0. The fraction of sp³-hybridized carbons (Fsp3) is 0.0625. The van der Waals surface area contributed by atoms with E-state index in [0.717, 1.165) is 10.8 Å². The summed E-state index contributed by atoms with van der Waals surface area (Å²) in [5, 5.41) is 2.95. The zero-order chi connectivity index (χ0) is 73.7. The van der Waals surface area contributed by atoms with Gasteiger partial charge in [0.15, 0.2) is 117 Å². The minimum absolute atomic E-state index is 0.173. The van der Waals surface area contributed by atoms with Crippen molar-refractivity contribution >= 4 is 155 Å². The van der Waals surface area contributed by atoms with E-state index in [-0.39, 0.29) is 23.0 Å². The third-order valence-corrected chi connectivity index (χ3v) is 13.2. The van der Waals surface area contributed by atoms with Crippen LogP contribution < -0.4 is 55.4 Å². The summed E-state index contributed by atoms with van der Waals surface area (Å²) in [6.07, 6.45) is 6.22. The van der Waals surface area contributed by atoms with E-state index >= 15 is 0 Å². The van der Waals surface area contributed by atoms with Gasteiger partial charge in [-0.25, -0.2) is 97.8 Å². The molecule has 0 aliphatic rings. The van der Waals surface area contributed by atoms with Crippen LogP contribution in [0.4, 0.5) is 87.8 Å². The number of benzene rings is 8. The topological polar surface area (TPSA) is 91.0 Å². The molecule has 0 aliphatic heterocycles. The Bertz CT molecular complexity index is 4120. The number of para-hydroxylation sites is 4. The Labute approximate surface area is 634 Å². The van der Waals surface area contributed by atoms with Crippen LogP contribution >= 0.6 is 112 Å². The Morgan fingerprint density at radius 2 is 0.470 bits per heavy atom. The van der Waals surface area contributed by atoms with Gasteiger partial charge in [0, 0.05) is 72.5 Å². The maximum atomic E-state index is 13.6. The van der Waals surface area contributed by atoms with Gasteiger partial charge in [0.1, 0.15) is 49.0 Å². The molecular weight excluding hydrogens is 2280 g/mol. The molecule has 0 fully saturated rings. The standard InChI is InChI=1S/4C16H8F5NO.2I3.I2/c4*17-11-9(12(18)14(20)15(21)13(11)19)7-23-10-5-1-3-8-4-2-6-22-16(8)10;2*1-3-2;1-2/h4*1-6H,7H2;;;/q;;;;2*-1;/p+2. The number of halogens is 28. The Kier molecular flexibility index (Phi) is 34.4. The van der Waals surface area contributed by atoms with Gasteiger partial charge in [-0.15, -0.1) is 0 Å². The number of nitrogens with one attached hydrogen (secondary N) is 2. The SMILES string of the molecule is Fc1c(F)c(F)c(COc2cccc3ccc[nH+]c23)c(F)c1F.Fc1c(F)c(F)c(COc2cccc3ccc[nH+]c23)c(F)c1F.Fc1c(F)c(F)c(COc2cccc3cccnc23)c(F)c1F.Fc1c(F)c(F)c(COc2cccc3cccnc23)c(F)c1F.II.I[I-]I.I[I-]I. The van der Waals surface area contributed by atoms with Crippen LogP contribution in [0.1, 0.15) is 22.3 Å². The summed E-state index contributed by atoms with van der Waals surface area (Å²) < 4.78 is 287. The van der Waals surface area contributed by atoms with Crippen LogP contribution in [0.3, 0.4) is 0 Å². The number of hydrogen-bond acceptors (Lipinski definition) is 6. The summed E-state index contributed by atoms with van der Waals surface area (Å²) in [4.78, 5) is 13.9. The molecule has 4 aromatic heterocycles. The second-order valence-corrected chi connectivity index (χ2v) is 51.4. The molecule has 0 bridgehead atoms. The molecule has 0 unspecified atom stereocenters. The average Bonchev–Trinajstić information content (AvgIpc) is 0.810. The Balaban J connectivity index is 0.000000203. The quantitative estimate of drug-likeness (QED) is 0.0524. The molecule has 530 valence electrons. The van der Waals surface area contributed by atoms with Gasteiger partial charge in [-0.3, -0.25) is 9.97 Å². The molecule has 8 nitrogen and oxygen atoms in total. The zero-order valence-corrected chi connectivity index (χ0v) is 66.1. The van der Waals surface area contributed by atoms with Crippen LogP contribution in [0.15, 0.2) is 146 Å². The third-order valence-electron chi connectivity index (χ3n) is 13.2. The van der Waals surface area contributed by atoms with Crippen molar-refractivity contribution in [3.05, 3.63) is 285 Å². The van der Waals surface area contributed by atoms with E-state index in [2.05, 4.69) is 132 Å². The number of aromatic amines is 2.